The minimum absolute atomic E-state index is 0.0551. The van der Waals surface area contributed by atoms with Crippen molar-refractivity contribution < 1.29 is 28.0 Å². The van der Waals surface area contributed by atoms with Gasteiger partial charge in [-0.25, -0.2) is 13.8 Å². The summed E-state index contributed by atoms with van der Waals surface area (Å²) in [5.41, 5.74) is 2.35. The van der Waals surface area contributed by atoms with Crippen LogP contribution in [-0.2, 0) is 14.8 Å². The first-order valence-corrected chi connectivity index (χ1v) is 11.2. The highest BCUT2D eigenvalue weighted by molar-refractivity contribution is 7.92. The summed E-state index contributed by atoms with van der Waals surface area (Å²) in [6, 6.07) is 16.8. The third kappa shape index (κ3) is 5.66. The molecule has 2 N–H and O–H groups in total. The molecule has 12 heteroatoms. The molecule has 0 saturated carbocycles. The molecule has 0 heterocycles. The molecular weight excluding hydrogens is 464 g/mol. The first-order valence-electron chi connectivity index (χ1n) is 9.73. The van der Waals surface area contributed by atoms with E-state index in [4.69, 9.17) is 4.74 Å². The third-order valence-electron chi connectivity index (χ3n) is 4.55. The normalized spacial score (nSPS) is 11.2. The van der Waals surface area contributed by atoms with Crippen molar-refractivity contribution in [3.63, 3.8) is 0 Å². The number of aromatic hydroxyl groups is 1. The van der Waals surface area contributed by atoms with Gasteiger partial charge in [-0.1, -0.05) is 24.3 Å². The van der Waals surface area contributed by atoms with Crippen LogP contribution in [0, 0.1) is 10.1 Å². The van der Waals surface area contributed by atoms with E-state index >= 15 is 0 Å². The van der Waals surface area contributed by atoms with Gasteiger partial charge in [0.15, 0.2) is 11.5 Å². The summed E-state index contributed by atoms with van der Waals surface area (Å²) < 4.78 is 32.3. The van der Waals surface area contributed by atoms with Crippen LogP contribution in [0.1, 0.15) is 5.56 Å². The Labute approximate surface area is 195 Å². The molecule has 0 spiro atoms. The minimum atomic E-state index is -4.23. The van der Waals surface area contributed by atoms with E-state index in [-0.39, 0.29) is 27.8 Å². The zero-order valence-corrected chi connectivity index (χ0v) is 18.7. The van der Waals surface area contributed by atoms with E-state index in [9.17, 15) is 28.4 Å². The predicted molar refractivity (Wildman–Crippen MR) is 124 cm³/mol. The molecule has 3 aromatic rings. The predicted octanol–water partition coefficient (Wildman–Crippen LogP) is 2.65. The average molecular weight is 484 g/mol. The maximum atomic E-state index is 13.2. The molecule has 34 heavy (non-hydrogen) atoms. The second kappa shape index (κ2) is 10.4. The van der Waals surface area contributed by atoms with Gasteiger partial charge in [0.2, 0.25) is 0 Å². The van der Waals surface area contributed by atoms with Crippen molar-refractivity contribution in [2.75, 3.05) is 18.0 Å². The molecule has 3 rings (SSSR count). The second-order valence-corrected chi connectivity index (χ2v) is 8.69. The first kappa shape index (κ1) is 24.2. The summed E-state index contributed by atoms with van der Waals surface area (Å²) in [6.45, 7) is -0.686. The standard InChI is InChI=1S/C22H20N4O7S/c1-33-21-12-16(10-11-20(21)27)14-23-24-22(28)15-25(17-6-5-7-18(13-17)26(29)30)34(31,32)19-8-3-2-4-9-19/h2-14,27H,15H2,1H3,(H,24,28)/b23-14+. The van der Waals surface area contributed by atoms with Crippen LogP contribution in [0.5, 0.6) is 11.5 Å². The molecule has 0 bridgehead atoms. The number of nitrogens with one attached hydrogen (secondary N) is 1. The van der Waals surface area contributed by atoms with Gasteiger partial charge in [-0.15, -0.1) is 0 Å². The lowest BCUT2D eigenvalue weighted by molar-refractivity contribution is -0.384. The van der Waals surface area contributed by atoms with Crippen LogP contribution in [0.4, 0.5) is 11.4 Å². The molecular formula is C22H20N4O7S. The molecule has 11 nitrogen and oxygen atoms in total. The maximum absolute atomic E-state index is 13.2. The Morgan fingerprint density at radius 1 is 1.15 bits per heavy atom. The lowest BCUT2D eigenvalue weighted by Crippen LogP contribution is -2.39. The van der Waals surface area contributed by atoms with Crippen LogP contribution in [-0.4, -0.2) is 44.2 Å². The number of nitro groups is 1. The van der Waals surface area contributed by atoms with Gasteiger partial charge >= 0.3 is 0 Å². The van der Waals surface area contributed by atoms with Gasteiger partial charge in [-0.3, -0.25) is 19.2 Å². The Balaban J connectivity index is 1.86. The number of carbonyl (C=O) groups excluding carboxylic acids is 1. The summed E-state index contributed by atoms with van der Waals surface area (Å²) >= 11 is 0. The number of phenols is 1. The molecule has 0 unspecified atom stereocenters. The maximum Gasteiger partial charge on any atom is 0.271 e. The number of carbonyl (C=O) groups is 1. The summed E-state index contributed by atoms with van der Waals surface area (Å²) in [6.07, 6.45) is 1.28. The molecule has 0 aromatic heterocycles. The van der Waals surface area contributed by atoms with E-state index in [0.717, 1.165) is 10.4 Å². The first-order chi connectivity index (χ1) is 16.2. The van der Waals surface area contributed by atoms with E-state index in [1.807, 2.05) is 0 Å². The van der Waals surface area contributed by atoms with Crippen molar-refractivity contribution >= 4 is 33.5 Å². The SMILES string of the molecule is COc1cc(/C=N/NC(=O)CN(c2cccc([N+](=O)[O-])c2)S(=O)(=O)c2ccccc2)ccc1O. The van der Waals surface area contributed by atoms with Gasteiger partial charge in [0.25, 0.3) is 21.6 Å². The Kier molecular flexibility index (Phi) is 7.43. The summed E-state index contributed by atoms with van der Waals surface area (Å²) in [5, 5.41) is 24.6. The van der Waals surface area contributed by atoms with Crippen LogP contribution >= 0.6 is 0 Å². The van der Waals surface area contributed by atoms with E-state index < -0.39 is 27.4 Å². The van der Waals surface area contributed by atoms with Crippen molar-refractivity contribution in [3.05, 3.63) is 88.5 Å². The fourth-order valence-electron chi connectivity index (χ4n) is 2.92. The smallest absolute Gasteiger partial charge is 0.271 e. The average Bonchev–Trinajstić information content (AvgIpc) is 2.84. The number of sulfonamides is 1. The number of methoxy groups -OCH3 is 1. The molecule has 176 valence electrons. The molecule has 0 aliphatic heterocycles. The number of phenolic OH excluding ortho intramolecular Hbond substituents is 1. The number of nitro benzene ring substituents is 1. The van der Waals surface area contributed by atoms with Crippen LogP contribution in [0.15, 0.2) is 82.8 Å². The fraction of sp³-hybridized carbons (Fsp3) is 0.0909. The topological polar surface area (TPSA) is 151 Å². The lowest BCUT2D eigenvalue weighted by atomic mass is 10.2. The number of amides is 1. The van der Waals surface area contributed by atoms with Crippen molar-refractivity contribution in [1.29, 1.82) is 0 Å². The highest BCUT2D eigenvalue weighted by Crippen LogP contribution is 2.27. The number of ether oxygens (including phenoxy) is 1. The third-order valence-corrected chi connectivity index (χ3v) is 6.34. The number of hydrazone groups is 1. The quantitative estimate of drug-likeness (QED) is 0.269. The summed E-state index contributed by atoms with van der Waals surface area (Å²) in [5.74, 6) is -0.642. The number of nitrogens with zero attached hydrogens (tertiary/aromatic N) is 3. The summed E-state index contributed by atoms with van der Waals surface area (Å²) in [4.78, 5) is 23.0. The number of anilines is 1. The van der Waals surface area contributed by atoms with Crippen molar-refractivity contribution in [1.82, 2.24) is 5.43 Å². The van der Waals surface area contributed by atoms with Crippen molar-refractivity contribution in [2.24, 2.45) is 5.10 Å². The Hall–Kier alpha value is -4.45. The van der Waals surface area contributed by atoms with Gasteiger partial charge in [0, 0.05) is 12.1 Å². The van der Waals surface area contributed by atoms with E-state index in [1.54, 1.807) is 6.07 Å². The Bertz CT molecular complexity index is 1330. The zero-order valence-electron chi connectivity index (χ0n) is 17.9. The molecule has 0 fully saturated rings. The number of hydrogen-bond donors (Lipinski definition) is 2. The molecule has 1 amide bonds. The highest BCUT2D eigenvalue weighted by atomic mass is 32.2. The van der Waals surface area contributed by atoms with Gasteiger partial charge in [0.05, 0.1) is 28.8 Å². The number of rotatable bonds is 9. The molecule has 0 saturated heterocycles. The second-order valence-electron chi connectivity index (χ2n) is 6.83. The van der Waals surface area contributed by atoms with Crippen LogP contribution in [0.3, 0.4) is 0 Å². The lowest BCUT2D eigenvalue weighted by Gasteiger charge is -2.23. The largest absolute Gasteiger partial charge is 0.504 e. The Morgan fingerprint density at radius 3 is 2.56 bits per heavy atom. The molecule has 0 radical (unpaired) electrons. The van der Waals surface area contributed by atoms with Crippen molar-refractivity contribution in [3.8, 4) is 11.5 Å². The Morgan fingerprint density at radius 2 is 1.88 bits per heavy atom. The molecule has 0 aliphatic rings. The molecule has 0 atom stereocenters. The monoisotopic (exact) mass is 484 g/mol. The summed E-state index contributed by atoms with van der Waals surface area (Å²) in [7, 11) is -2.85. The number of benzene rings is 3. The minimum Gasteiger partial charge on any atom is -0.504 e. The molecule has 0 aliphatic carbocycles. The molecule has 3 aromatic carbocycles. The van der Waals surface area contributed by atoms with Gasteiger partial charge in [-0.2, -0.15) is 5.10 Å². The van der Waals surface area contributed by atoms with Crippen LogP contribution in [0.2, 0.25) is 0 Å². The zero-order chi connectivity index (χ0) is 24.7. The van der Waals surface area contributed by atoms with Crippen molar-refractivity contribution in [2.45, 2.75) is 4.90 Å². The van der Waals surface area contributed by atoms with Gasteiger partial charge in [-0.05, 0) is 42.0 Å². The highest BCUT2D eigenvalue weighted by Gasteiger charge is 2.28. The van der Waals surface area contributed by atoms with Crippen LogP contribution < -0.4 is 14.5 Å². The van der Waals surface area contributed by atoms with E-state index in [2.05, 4.69) is 10.5 Å². The number of hydrogen-bond acceptors (Lipinski definition) is 8. The fourth-order valence-corrected chi connectivity index (χ4v) is 4.35. The van der Waals surface area contributed by atoms with E-state index in [0.29, 0.717) is 5.56 Å². The van der Waals surface area contributed by atoms with E-state index in [1.165, 1.54) is 74.0 Å². The number of non-ortho nitro benzene ring substituents is 1. The van der Waals surface area contributed by atoms with Crippen LogP contribution in [0.25, 0.3) is 0 Å². The van der Waals surface area contributed by atoms with Gasteiger partial charge in [0.1, 0.15) is 6.54 Å². The van der Waals surface area contributed by atoms with Gasteiger partial charge < -0.3 is 9.84 Å².